The molecule has 0 amide bonds. The van der Waals surface area contributed by atoms with E-state index in [9.17, 15) is 0 Å². The third kappa shape index (κ3) is 6.67. The average molecular weight is 575 g/mol. The molecule has 224 valence electrons. The molecule has 0 fully saturated rings. The molecular formula is C40H47FN2. The summed E-state index contributed by atoms with van der Waals surface area (Å²) in [6, 6.07) is 31.6. The van der Waals surface area contributed by atoms with E-state index in [-0.39, 0.29) is 0 Å². The van der Waals surface area contributed by atoms with E-state index >= 15 is 4.39 Å². The van der Waals surface area contributed by atoms with Crippen molar-refractivity contribution in [3.05, 3.63) is 119 Å². The zero-order chi connectivity index (χ0) is 31.3. The van der Waals surface area contributed by atoms with Crippen molar-refractivity contribution in [1.29, 1.82) is 0 Å². The van der Waals surface area contributed by atoms with Crippen LogP contribution >= 0.6 is 0 Å². The van der Waals surface area contributed by atoms with Gasteiger partial charge >= 0.3 is 0 Å². The number of alkyl halides is 1. The third-order valence-electron chi connectivity index (χ3n) is 8.43. The average Bonchev–Trinajstić information content (AvgIpc) is 3.37. The molecule has 0 saturated carbocycles. The Labute approximate surface area is 258 Å². The van der Waals surface area contributed by atoms with Gasteiger partial charge in [0, 0.05) is 22.1 Å². The quantitative estimate of drug-likeness (QED) is 0.189. The maximum absolute atomic E-state index is 15.1. The van der Waals surface area contributed by atoms with Gasteiger partial charge in [0.15, 0.2) is 0 Å². The number of aromatic nitrogens is 2. The van der Waals surface area contributed by atoms with E-state index < -0.39 is 11.6 Å². The number of hydrogen-bond donors (Lipinski definition) is 0. The predicted octanol–water partition coefficient (Wildman–Crippen LogP) is 11.5. The zero-order valence-corrected chi connectivity index (χ0v) is 27.4. The lowest BCUT2D eigenvalue weighted by atomic mass is 9.78. The summed E-state index contributed by atoms with van der Waals surface area (Å²) in [6.45, 7) is 18.5. The van der Waals surface area contributed by atoms with Gasteiger partial charge in [-0.2, -0.15) is 0 Å². The molecule has 0 saturated heterocycles. The number of aryl methyl sites for hydroxylation is 4. The van der Waals surface area contributed by atoms with Crippen molar-refractivity contribution in [2.45, 2.75) is 86.7 Å². The minimum Gasteiger partial charge on any atom is -0.291 e. The molecule has 0 unspecified atom stereocenters. The molecule has 0 aliphatic rings. The first-order valence-electron chi connectivity index (χ1n) is 15.6. The highest BCUT2D eigenvalue weighted by Crippen LogP contribution is 2.43. The van der Waals surface area contributed by atoms with Crippen molar-refractivity contribution in [3.63, 3.8) is 0 Å². The van der Waals surface area contributed by atoms with Crippen LogP contribution in [0, 0.1) is 27.7 Å². The molecule has 1 atom stereocenters. The molecule has 5 aromatic rings. The molecule has 43 heavy (non-hydrogen) atoms. The Morgan fingerprint density at radius 1 is 0.721 bits per heavy atom. The highest BCUT2D eigenvalue weighted by molar-refractivity contribution is 5.85. The maximum Gasteiger partial charge on any atom is 0.146 e. The van der Waals surface area contributed by atoms with Gasteiger partial charge in [0.25, 0.3) is 0 Å². The van der Waals surface area contributed by atoms with Gasteiger partial charge in [-0.05, 0) is 57.4 Å². The fourth-order valence-electron chi connectivity index (χ4n) is 5.65. The fraction of sp³-hybridized carbons (Fsp3) is 0.325. The van der Waals surface area contributed by atoms with Crippen LogP contribution in [0.2, 0.25) is 0 Å². The molecule has 0 spiro atoms. The first-order chi connectivity index (χ1) is 20.5. The Morgan fingerprint density at radius 3 is 1.88 bits per heavy atom. The van der Waals surface area contributed by atoms with E-state index in [1.807, 2.05) is 38.1 Å². The molecule has 0 radical (unpaired) electrons. The first-order valence-corrected chi connectivity index (χ1v) is 15.6. The monoisotopic (exact) mass is 574 g/mol. The maximum atomic E-state index is 15.1. The van der Waals surface area contributed by atoms with Crippen molar-refractivity contribution < 1.29 is 4.39 Å². The van der Waals surface area contributed by atoms with Gasteiger partial charge in [0.1, 0.15) is 12.0 Å². The number of nitrogens with zero attached hydrogens (tertiary/aromatic N) is 2. The first kappa shape index (κ1) is 31.9. The highest BCUT2D eigenvalue weighted by atomic mass is 19.1. The van der Waals surface area contributed by atoms with Crippen LogP contribution in [0.3, 0.4) is 0 Å². The van der Waals surface area contributed by atoms with Crippen LogP contribution in [0.15, 0.2) is 91.0 Å². The summed E-state index contributed by atoms with van der Waals surface area (Å²) < 4.78 is 17.4. The Balaban J connectivity index is 0.000000996. The van der Waals surface area contributed by atoms with Gasteiger partial charge in [-0.15, -0.1) is 0 Å². The van der Waals surface area contributed by atoms with Gasteiger partial charge in [0.05, 0.1) is 17.1 Å². The van der Waals surface area contributed by atoms with Crippen molar-refractivity contribution in [2.24, 2.45) is 0 Å². The van der Waals surface area contributed by atoms with Crippen LogP contribution in [-0.4, -0.2) is 15.7 Å². The molecule has 0 N–H and O–H groups in total. The van der Waals surface area contributed by atoms with E-state index in [1.54, 1.807) is 6.92 Å². The Bertz CT molecular complexity index is 1650. The second-order valence-corrected chi connectivity index (χ2v) is 12.3. The van der Waals surface area contributed by atoms with Crippen molar-refractivity contribution in [3.8, 4) is 39.6 Å². The lowest BCUT2D eigenvalue weighted by Crippen LogP contribution is -2.28. The number of halogens is 1. The zero-order valence-electron chi connectivity index (χ0n) is 27.4. The van der Waals surface area contributed by atoms with Crippen LogP contribution in [-0.2, 0) is 5.41 Å². The highest BCUT2D eigenvalue weighted by Gasteiger charge is 2.33. The normalized spacial score (nSPS) is 12.0. The number of imidazole rings is 1. The van der Waals surface area contributed by atoms with Crippen LogP contribution in [0.5, 0.6) is 0 Å². The van der Waals surface area contributed by atoms with Crippen LogP contribution in [0.1, 0.15) is 75.3 Å². The number of hydrogen-bond acceptors (Lipinski definition) is 1. The summed E-state index contributed by atoms with van der Waals surface area (Å²) in [5.41, 5.74) is 11.2. The summed E-state index contributed by atoms with van der Waals surface area (Å²) in [6.07, 6.45) is 1.61. The molecule has 0 aliphatic heterocycles. The van der Waals surface area contributed by atoms with Gasteiger partial charge in [-0.25, -0.2) is 9.37 Å². The molecule has 2 nitrogen and oxygen atoms in total. The third-order valence-corrected chi connectivity index (χ3v) is 8.43. The second-order valence-electron chi connectivity index (χ2n) is 12.3. The number of rotatable bonds is 7. The van der Waals surface area contributed by atoms with E-state index in [4.69, 9.17) is 4.98 Å². The molecule has 4 aromatic carbocycles. The van der Waals surface area contributed by atoms with Gasteiger partial charge < -0.3 is 0 Å². The summed E-state index contributed by atoms with van der Waals surface area (Å²) in [4.78, 5) is 5.42. The summed E-state index contributed by atoms with van der Waals surface area (Å²) in [7, 11) is 0. The molecule has 3 heteroatoms. The summed E-state index contributed by atoms with van der Waals surface area (Å²) >= 11 is 0. The predicted molar refractivity (Wildman–Crippen MR) is 183 cm³/mol. The minimum atomic E-state index is -1.03. The smallest absolute Gasteiger partial charge is 0.146 e. The van der Waals surface area contributed by atoms with Gasteiger partial charge in [-0.1, -0.05) is 137 Å². The molecule has 0 bridgehead atoms. The Morgan fingerprint density at radius 2 is 1.30 bits per heavy atom. The Kier molecular flexibility index (Phi) is 10.1. The second kappa shape index (κ2) is 13.5. The van der Waals surface area contributed by atoms with E-state index in [0.717, 1.165) is 45.2 Å². The van der Waals surface area contributed by atoms with Crippen LogP contribution in [0.4, 0.5) is 4.39 Å². The van der Waals surface area contributed by atoms with E-state index in [2.05, 4.69) is 113 Å². The largest absolute Gasteiger partial charge is 0.291 e. The molecule has 1 aromatic heterocycles. The molecule has 5 rings (SSSR count). The summed E-state index contributed by atoms with van der Waals surface area (Å²) in [5, 5.41) is 0. The number of unbranched alkanes of at least 4 members (excludes halogenated alkanes) is 1. The van der Waals surface area contributed by atoms with E-state index in [0.29, 0.717) is 0 Å². The van der Waals surface area contributed by atoms with Crippen molar-refractivity contribution in [1.82, 2.24) is 9.55 Å². The molecule has 1 heterocycles. The summed E-state index contributed by atoms with van der Waals surface area (Å²) in [5.74, 6) is 0.824. The lowest BCUT2D eigenvalue weighted by molar-refractivity contribution is 0.237. The van der Waals surface area contributed by atoms with Crippen molar-refractivity contribution >= 4 is 0 Å². The van der Waals surface area contributed by atoms with Gasteiger partial charge in [-0.3, -0.25) is 4.57 Å². The lowest BCUT2D eigenvalue weighted by Gasteiger charge is -2.29. The van der Waals surface area contributed by atoms with Crippen LogP contribution in [0.25, 0.3) is 39.6 Å². The van der Waals surface area contributed by atoms with Crippen molar-refractivity contribution in [2.75, 3.05) is 0 Å². The van der Waals surface area contributed by atoms with Crippen LogP contribution < -0.4 is 0 Å². The standard InChI is InChI=1S/C36H37FN2.C4H10/c1-23-14-13-17-29(22-23)32-34(28-15-9-8-10-16-28)39(33-25(3)20-24(2)21-26(33)4)35(38-32)30-18-11-12-19-31(30)36(6,7)27(5)37;1-3-4-2/h8-22,27H,1-7H3;3-4H2,1-2H3/t27-;/m1./s1. The number of benzene rings is 4. The Hall–Kier alpha value is -3.98. The minimum absolute atomic E-state index is 0.693. The SMILES string of the molecule is CCCC.Cc1cccc(-c2nc(-c3ccccc3C(C)(C)[C@@H](C)F)n(-c3c(C)cc(C)cc3C)c2-c2ccccc2)c1. The van der Waals surface area contributed by atoms with E-state index in [1.165, 1.54) is 35.1 Å². The fourth-order valence-corrected chi connectivity index (χ4v) is 5.65. The molecular weight excluding hydrogens is 527 g/mol. The topological polar surface area (TPSA) is 17.8 Å². The molecule has 0 aliphatic carbocycles. The van der Waals surface area contributed by atoms with Gasteiger partial charge in [0.2, 0.25) is 0 Å².